The average molecular weight is 294 g/mol. The van der Waals surface area contributed by atoms with Gasteiger partial charge in [-0.15, -0.1) is 5.10 Å². The minimum atomic E-state index is -3.43. The quantitative estimate of drug-likeness (QED) is 0.857. The topological polar surface area (TPSA) is 111 Å². The number of sulfone groups is 1. The molecule has 4 N–H and O–H groups in total. The Balaban J connectivity index is 2.61. The fourth-order valence-corrected chi connectivity index (χ4v) is 3.45. The lowest BCUT2D eigenvalue weighted by atomic mass is 9.88. The summed E-state index contributed by atoms with van der Waals surface area (Å²) in [4.78, 5) is 0.221. The third-order valence-corrected chi connectivity index (χ3v) is 5.47. The maximum absolute atomic E-state index is 12.5. The van der Waals surface area contributed by atoms with Crippen molar-refractivity contribution >= 4 is 21.9 Å². The zero-order valence-corrected chi connectivity index (χ0v) is 12.3. The lowest BCUT2D eigenvalue weighted by Crippen LogP contribution is -2.45. The van der Waals surface area contributed by atoms with E-state index in [4.69, 9.17) is 11.5 Å². The SMILES string of the molecule is CC(C)S(=O)(=O)c1ccccc1C1(N)C=NN=C(N)C1. The largest absolute Gasteiger partial charge is 0.386 e. The summed E-state index contributed by atoms with van der Waals surface area (Å²) in [5, 5.41) is 6.96. The average Bonchev–Trinajstić information content (AvgIpc) is 2.38. The summed E-state index contributed by atoms with van der Waals surface area (Å²) in [5.74, 6) is 0.284. The van der Waals surface area contributed by atoms with Gasteiger partial charge in [0.25, 0.3) is 0 Å². The van der Waals surface area contributed by atoms with Crippen LogP contribution >= 0.6 is 0 Å². The summed E-state index contributed by atoms with van der Waals surface area (Å²) in [6, 6.07) is 6.69. The highest BCUT2D eigenvalue weighted by atomic mass is 32.2. The van der Waals surface area contributed by atoms with E-state index < -0.39 is 20.6 Å². The number of benzene rings is 1. The van der Waals surface area contributed by atoms with E-state index in [2.05, 4.69) is 10.2 Å². The minimum Gasteiger partial charge on any atom is -0.386 e. The molecule has 1 aromatic rings. The molecule has 20 heavy (non-hydrogen) atoms. The first-order valence-electron chi connectivity index (χ1n) is 6.26. The van der Waals surface area contributed by atoms with Crippen molar-refractivity contribution in [1.82, 2.24) is 0 Å². The molecule has 6 nitrogen and oxygen atoms in total. The van der Waals surface area contributed by atoms with Crippen molar-refractivity contribution in [3.8, 4) is 0 Å². The van der Waals surface area contributed by atoms with Crippen molar-refractivity contribution in [3.05, 3.63) is 29.8 Å². The lowest BCUT2D eigenvalue weighted by molar-refractivity contribution is 0.574. The van der Waals surface area contributed by atoms with Crippen molar-refractivity contribution in [1.29, 1.82) is 0 Å². The lowest BCUT2D eigenvalue weighted by Gasteiger charge is -2.29. The zero-order valence-electron chi connectivity index (χ0n) is 11.4. The Hall–Kier alpha value is -1.73. The number of hydrogen-bond donors (Lipinski definition) is 2. The van der Waals surface area contributed by atoms with E-state index in [1.807, 2.05) is 0 Å². The van der Waals surface area contributed by atoms with Crippen LogP contribution in [-0.4, -0.2) is 25.7 Å². The first-order valence-corrected chi connectivity index (χ1v) is 7.81. The van der Waals surface area contributed by atoms with Crippen LogP contribution in [0.1, 0.15) is 25.8 Å². The Morgan fingerprint density at radius 1 is 1.30 bits per heavy atom. The maximum atomic E-state index is 12.5. The van der Waals surface area contributed by atoms with Crippen molar-refractivity contribution < 1.29 is 8.42 Å². The van der Waals surface area contributed by atoms with Gasteiger partial charge < -0.3 is 11.5 Å². The van der Waals surface area contributed by atoms with Gasteiger partial charge in [0.1, 0.15) is 5.84 Å². The molecular weight excluding hydrogens is 276 g/mol. The molecule has 0 fully saturated rings. The van der Waals surface area contributed by atoms with E-state index in [0.29, 0.717) is 5.56 Å². The molecule has 2 rings (SSSR count). The summed E-state index contributed by atoms with van der Waals surface area (Å²) >= 11 is 0. The second-order valence-electron chi connectivity index (χ2n) is 5.14. The first-order chi connectivity index (χ1) is 9.27. The van der Waals surface area contributed by atoms with Crippen molar-refractivity contribution in [3.63, 3.8) is 0 Å². The molecule has 0 radical (unpaired) electrons. The fraction of sp³-hybridized carbons (Fsp3) is 0.385. The second-order valence-corrected chi connectivity index (χ2v) is 7.62. The Morgan fingerprint density at radius 3 is 2.55 bits per heavy atom. The molecule has 1 heterocycles. The van der Waals surface area contributed by atoms with Gasteiger partial charge in [-0.3, -0.25) is 0 Å². The van der Waals surface area contributed by atoms with Crippen LogP contribution in [0.3, 0.4) is 0 Å². The normalized spacial score (nSPS) is 22.9. The molecule has 7 heteroatoms. The molecule has 0 bridgehead atoms. The number of nitrogens with zero attached hydrogens (tertiary/aromatic N) is 2. The van der Waals surface area contributed by atoms with Crippen LogP contribution in [-0.2, 0) is 15.4 Å². The molecule has 1 aliphatic heterocycles. The Kier molecular flexibility index (Phi) is 3.66. The molecule has 0 amide bonds. The third kappa shape index (κ3) is 2.46. The van der Waals surface area contributed by atoms with E-state index in [0.717, 1.165) is 0 Å². The Morgan fingerprint density at radius 2 is 1.95 bits per heavy atom. The predicted octanol–water partition coefficient (Wildman–Crippen LogP) is 0.769. The standard InChI is InChI=1S/C13H18N4O2S/c1-9(2)20(18,19)11-6-4-3-5-10(11)13(15)7-12(14)17-16-8-13/h3-6,8-9H,7,15H2,1-2H3,(H2,14,17). The highest BCUT2D eigenvalue weighted by molar-refractivity contribution is 7.92. The van der Waals surface area contributed by atoms with Crippen molar-refractivity contribution in [2.75, 3.05) is 0 Å². The molecule has 0 saturated heterocycles. The van der Waals surface area contributed by atoms with Gasteiger partial charge in [0.05, 0.1) is 21.9 Å². The maximum Gasteiger partial charge on any atom is 0.181 e. The van der Waals surface area contributed by atoms with Gasteiger partial charge in [0, 0.05) is 6.42 Å². The zero-order chi connectivity index (χ0) is 15.0. The van der Waals surface area contributed by atoms with E-state index >= 15 is 0 Å². The smallest absolute Gasteiger partial charge is 0.181 e. The van der Waals surface area contributed by atoms with Crippen molar-refractivity contribution in [2.45, 2.75) is 36.0 Å². The molecule has 0 spiro atoms. The number of hydrogen-bond acceptors (Lipinski definition) is 6. The molecule has 1 aliphatic rings. The third-order valence-electron chi connectivity index (χ3n) is 3.26. The van der Waals surface area contributed by atoms with Crippen LogP contribution in [0.15, 0.2) is 39.4 Å². The molecule has 1 unspecified atom stereocenters. The Bertz CT molecular complexity index is 679. The summed E-state index contributed by atoms with van der Waals surface area (Å²) in [6.45, 7) is 3.28. The van der Waals surface area contributed by atoms with E-state index in [1.165, 1.54) is 6.21 Å². The Labute approximate surface area is 118 Å². The van der Waals surface area contributed by atoms with Crippen LogP contribution < -0.4 is 11.5 Å². The van der Waals surface area contributed by atoms with Gasteiger partial charge in [-0.1, -0.05) is 18.2 Å². The number of amidine groups is 1. The first kappa shape index (κ1) is 14.7. The van der Waals surface area contributed by atoms with Gasteiger partial charge in [0.15, 0.2) is 9.84 Å². The van der Waals surface area contributed by atoms with Gasteiger partial charge in [0.2, 0.25) is 0 Å². The van der Waals surface area contributed by atoms with Crippen LogP contribution in [0.25, 0.3) is 0 Å². The minimum absolute atomic E-state index is 0.221. The molecule has 0 aromatic heterocycles. The number of nitrogens with two attached hydrogens (primary N) is 2. The highest BCUT2D eigenvalue weighted by Crippen LogP contribution is 2.30. The fourth-order valence-electron chi connectivity index (χ4n) is 2.10. The van der Waals surface area contributed by atoms with Crippen molar-refractivity contribution in [2.24, 2.45) is 21.7 Å². The molecule has 0 saturated carbocycles. The highest BCUT2D eigenvalue weighted by Gasteiger charge is 2.35. The van der Waals surface area contributed by atoms with E-state index in [-0.39, 0.29) is 17.2 Å². The molecule has 1 atom stereocenters. The van der Waals surface area contributed by atoms with E-state index in [9.17, 15) is 8.42 Å². The predicted molar refractivity (Wildman–Crippen MR) is 79.4 cm³/mol. The molecule has 108 valence electrons. The monoisotopic (exact) mass is 294 g/mol. The van der Waals surface area contributed by atoms with Gasteiger partial charge >= 0.3 is 0 Å². The molecular formula is C13H18N4O2S. The van der Waals surface area contributed by atoms with Gasteiger partial charge in [-0.05, 0) is 25.5 Å². The second kappa shape index (κ2) is 4.99. The summed E-state index contributed by atoms with van der Waals surface area (Å²) in [6.07, 6.45) is 1.68. The van der Waals surface area contributed by atoms with Crippen LogP contribution in [0, 0.1) is 0 Å². The van der Waals surface area contributed by atoms with Crippen LogP contribution in [0.4, 0.5) is 0 Å². The molecule has 1 aromatic carbocycles. The summed E-state index contributed by atoms with van der Waals surface area (Å²) < 4.78 is 24.9. The number of rotatable bonds is 3. The van der Waals surface area contributed by atoms with Crippen LogP contribution in [0.5, 0.6) is 0 Å². The summed E-state index contributed by atoms with van der Waals surface area (Å²) in [7, 11) is -3.43. The van der Waals surface area contributed by atoms with Gasteiger partial charge in [-0.25, -0.2) is 8.42 Å². The molecule has 0 aliphatic carbocycles. The van der Waals surface area contributed by atoms with Crippen LogP contribution in [0.2, 0.25) is 0 Å². The van der Waals surface area contributed by atoms with Gasteiger partial charge in [-0.2, -0.15) is 5.10 Å². The summed E-state index contributed by atoms with van der Waals surface area (Å²) in [5.41, 5.74) is 11.4. The van der Waals surface area contributed by atoms with E-state index in [1.54, 1.807) is 38.1 Å².